The molecular weight excluding hydrogens is 486 g/mol. The predicted molar refractivity (Wildman–Crippen MR) is 146 cm³/mol. The fourth-order valence-electron chi connectivity index (χ4n) is 5.89. The number of nitrogens with one attached hydrogen (secondary N) is 1. The van der Waals surface area contributed by atoms with Gasteiger partial charge in [-0.15, -0.1) is 6.58 Å². The molecule has 1 saturated carbocycles. The molecule has 0 radical (unpaired) electrons. The van der Waals surface area contributed by atoms with Gasteiger partial charge in [0.15, 0.2) is 5.65 Å². The highest BCUT2D eigenvalue weighted by molar-refractivity contribution is 5.97. The number of amides is 1. The number of benzene rings is 1. The molecule has 2 aliphatic rings. The molecule has 2 unspecified atom stereocenters. The Labute approximate surface area is 221 Å². The quantitative estimate of drug-likeness (QED) is 0.383. The summed E-state index contributed by atoms with van der Waals surface area (Å²) in [4.78, 5) is 33.5. The van der Waals surface area contributed by atoms with Crippen LogP contribution in [0, 0.1) is 23.5 Å². The van der Waals surface area contributed by atoms with Gasteiger partial charge in [0.05, 0.1) is 11.1 Å². The van der Waals surface area contributed by atoms with Crippen LogP contribution in [0.15, 0.2) is 54.0 Å². The van der Waals surface area contributed by atoms with Crippen molar-refractivity contribution in [3.05, 3.63) is 76.6 Å². The third-order valence-corrected chi connectivity index (χ3v) is 7.92. The first kappa shape index (κ1) is 26.1. The topological polar surface area (TPSA) is 67.2 Å². The number of piperidine rings is 1. The molecule has 1 aliphatic heterocycles. The molecule has 3 aromatic rings. The summed E-state index contributed by atoms with van der Waals surface area (Å²) in [7, 11) is 0. The number of halogens is 2. The number of rotatable bonds is 8. The van der Waals surface area contributed by atoms with Crippen LogP contribution in [0.1, 0.15) is 61.7 Å². The van der Waals surface area contributed by atoms with E-state index in [0.717, 1.165) is 70.2 Å². The van der Waals surface area contributed by atoms with Crippen molar-refractivity contribution in [2.24, 2.45) is 11.8 Å². The van der Waals surface area contributed by atoms with Gasteiger partial charge in [-0.2, -0.15) is 0 Å². The van der Waals surface area contributed by atoms with E-state index in [1.54, 1.807) is 12.1 Å². The van der Waals surface area contributed by atoms with E-state index in [1.165, 1.54) is 23.3 Å². The Kier molecular flexibility index (Phi) is 7.86. The summed E-state index contributed by atoms with van der Waals surface area (Å²) in [5.74, 6) is -0.126. The standard InChI is InChI=1S/C30H34F2N4O2/c1-2-6-20-7-8-21(17-20)13-14-33-30(38)24-19-36(26-11-9-22(31)18-25(26)32)29-23(28(24)37)10-12-27(34-29)35-15-4-3-5-16-35/h2,9-12,18-21H,1,3-8,13-17H2,(H,33,38). The number of carbonyl (C=O) groups excluding carboxylic acids is 1. The van der Waals surface area contributed by atoms with Crippen molar-refractivity contribution in [1.82, 2.24) is 14.9 Å². The van der Waals surface area contributed by atoms with Crippen molar-refractivity contribution >= 4 is 22.8 Å². The highest BCUT2D eigenvalue weighted by Crippen LogP contribution is 2.35. The van der Waals surface area contributed by atoms with E-state index in [2.05, 4.69) is 16.8 Å². The van der Waals surface area contributed by atoms with Crippen molar-refractivity contribution in [2.75, 3.05) is 24.5 Å². The van der Waals surface area contributed by atoms with Gasteiger partial charge in [-0.25, -0.2) is 13.8 Å². The van der Waals surface area contributed by atoms with Gasteiger partial charge in [-0.3, -0.25) is 14.2 Å². The number of nitrogens with zero attached hydrogens (tertiary/aromatic N) is 3. The van der Waals surface area contributed by atoms with Crippen LogP contribution in [0.2, 0.25) is 0 Å². The summed E-state index contributed by atoms with van der Waals surface area (Å²) in [5.41, 5.74) is -0.294. The molecule has 1 aromatic carbocycles. The van der Waals surface area contributed by atoms with Gasteiger partial charge in [-0.05, 0) is 81.0 Å². The van der Waals surface area contributed by atoms with Gasteiger partial charge >= 0.3 is 0 Å². The molecule has 1 saturated heterocycles. The van der Waals surface area contributed by atoms with Gasteiger partial charge in [0.1, 0.15) is 23.0 Å². The smallest absolute Gasteiger partial charge is 0.256 e. The monoisotopic (exact) mass is 520 g/mol. The summed E-state index contributed by atoms with van der Waals surface area (Å²) in [6.45, 7) is 5.99. The Hall–Kier alpha value is -3.55. The molecule has 0 bridgehead atoms. The van der Waals surface area contributed by atoms with Crippen LogP contribution in [0.5, 0.6) is 0 Å². The highest BCUT2D eigenvalue weighted by Gasteiger charge is 2.24. The summed E-state index contributed by atoms with van der Waals surface area (Å²) < 4.78 is 30.0. The van der Waals surface area contributed by atoms with Gasteiger partial charge in [0.2, 0.25) is 5.43 Å². The molecular formula is C30H34F2N4O2. The largest absolute Gasteiger partial charge is 0.357 e. The van der Waals surface area contributed by atoms with Crippen molar-refractivity contribution in [1.29, 1.82) is 0 Å². The van der Waals surface area contributed by atoms with Gasteiger partial charge in [0.25, 0.3) is 5.91 Å². The number of aromatic nitrogens is 2. The molecule has 38 heavy (non-hydrogen) atoms. The normalized spacial score (nSPS) is 19.6. The Bertz CT molecular complexity index is 1400. The highest BCUT2D eigenvalue weighted by atomic mass is 19.1. The lowest BCUT2D eigenvalue weighted by Crippen LogP contribution is -2.32. The van der Waals surface area contributed by atoms with Crippen LogP contribution in [-0.2, 0) is 0 Å². The average molecular weight is 521 g/mol. The SMILES string of the molecule is C=CCC1CCC(CCNC(=O)c2cn(-c3ccc(F)cc3F)c3nc(N4CCCCC4)ccc3c2=O)C1. The van der Waals surface area contributed by atoms with Crippen molar-refractivity contribution < 1.29 is 13.6 Å². The second-order valence-corrected chi connectivity index (χ2v) is 10.5. The molecule has 6 nitrogen and oxygen atoms in total. The predicted octanol–water partition coefficient (Wildman–Crippen LogP) is 5.77. The van der Waals surface area contributed by atoms with Crippen molar-refractivity contribution in [3.8, 4) is 5.69 Å². The first-order valence-corrected chi connectivity index (χ1v) is 13.6. The molecule has 5 rings (SSSR count). The minimum absolute atomic E-state index is 0.0213. The zero-order valence-corrected chi connectivity index (χ0v) is 21.6. The Balaban J connectivity index is 1.46. The van der Waals surface area contributed by atoms with E-state index in [-0.39, 0.29) is 22.3 Å². The summed E-state index contributed by atoms with van der Waals surface area (Å²) in [5, 5.41) is 3.10. The van der Waals surface area contributed by atoms with Gasteiger partial charge in [-0.1, -0.05) is 12.5 Å². The molecule has 1 N–H and O–H groups in total. The summed E-state index contributed by atoms with van der Waals surface area (Å²) in [6, 6.07) is 6.67. The first-order chi connectivity index (χ1) is 18.4. The minimum Gasteiger partial charge on any atom is -0.357 e. The maximum atomic E-state index is 14.9. The van der Waals surface area contributed by atoms with Crippen molar-refractivity contribution in [2.45, 2.75) is 51.4 Å². The van der Waals surface area contributed by atoms with Gasteiger partial charge < -0.3 is 10.2 Å². The van der Waals surface area contributed by atoms with E-state index in [9.17, 15) is 18.4 Å². The maximum Gasteiger partial charge on any atom is 0.256 e. The molecule has 1 amide bonds. The van der Waals surface area contributed by atoms with E-state index in [4.69, 9.17) is 4.98 Å². The molecule has 2 atom stereocenters. The number of fused-ring (bicyclic) bond motifs is 1. The summed E-state index contributed by atoms with van der Waals surface area (Å²) >= 11 is 0. The number of hydrogen-bond acceptors (Lipinski definition) is 4. The second kappa shape index (κ2) is 11.5. The number of carbonyl (C=O) groups is 1. The molecule has 3 heterocycles. The molecule has 1 aliphatic carbocycles. The number of hydrogen-bond donors (Lipinski definition) is 1. The van der Waals surface area contributed by atoms with Crippen molar-refractivity contribution in [3.63, 3.8) is 0 Å². The third kappa shape index (κ3) is 5.49. The first-order valence-electron chi connectivity index (χ1n) is 13.6. The van der Waals surface area contributed by atoms with Crippen LogP contribution < -0.4 is 15.6 Å². The third-order valence-electron chi connectivity index (χ3n) is 7.92. The number of allylic oxidation sites excluding steroid dienone is 1. The summed E-state index contributed by atoms with van der Waals surface area (Å²) in [6.07, 6.45) is 11.8. The van der Waals surface area contributed by atoms with E-state index < -0.39 is 23.0 Å². The average Bonchev–Trinajstić information content (AvgIpc) is 3.37. The number of anilines is 1. The molecule has 0 spiro atoms. The zero-order chi connectivity index (χ0) is 26.6. The number of pyridine rings is 2. The molecule has 8 heteroatoms. The minimum atomic E-state index is -0.804. The van der Waals surface area contributed by atoms with Crippen LogP contribution in [0.25, 0.3) is 16.7 Å². The fourth-order valence-corrected chi connectivity index (χ4v) is 5.89. The second-order valence-electron chi connectivity index (χ2n) is 10.5. The molecule has 2 aromatic heterocycles. The van der Waals surface area contributed by atoms with E-state index in [1.807, 2.05) is 6.08 Å². The van der Waals surface area contributed by atoms with Crippen LogP contribution in [-0.4, -0.2) is 35.1 Å². The van der Waals surface area contributed by atoms with E-state index in [0.29, 0.717) is 24.2 Å². The van der Waals surface area contributed by atoms with Crippen LogP contribution >= 0.6 is 0 Å². The van der Waals surface area contributed by atoms with Crippen LogP contribution in [0.3, 0.4) is 0 Å². The Morgan fingerprint density at radius 2 is 1.89 bits per heavy atom. The van der Waals surface area contributed by atoms with Gasteiger partial charge in [0, 0.05) is 31.9 Å². The lowest BCUT2D eigenvalue weighted by atomic mass is 9.99. The Morgan fingerprint density at radius 3 is 2.66 bits per heavy atom. The lowest BCUT2D eigenvalue weighted by molar-refractivity contribution is 0.0950. The Morgan fingerprint density at radius 1 is 1.11 bits per heavy atom. The lowest BCUT2D eigenvalue weighted by Gasteiger charge is -2.28. The van der Waals surface area contributed by atoms with E-state index >= 15 is 0 Å². The zero-order valence-electron chi connectivity index (χ0n) is 21.6. The molecule has 2 fully saturated rings. The fraction of sp³-hybridized carbons (Fsp3) is 0.433. The maximum absolute atomic E-state index is 14.9. The van der Waals surface area contributed by atoms with Crippen LogP contribution in [0.4, 0.5) is 14.6 Å². The molecule has 200 valence electrons.